The minimum atomic E-state index is -1.10. The van der Waals surface area contributed by atoms with Crippen molar-refractivity contribution in [1.82, 2.24) is 0 Å². The van der Waals surface area contributed by atoms with Gasteiger partial charge < -0.3 is 10.8 Å². The van der Waals surface area contributed by atoms with Gasteiger partial charge >= 0.3 is 5.97 Å². The number of rotatable bonds is 1. The molecule has 0 aromatic heterocycles. The van der Waals surface area contributed by atoms with E-state index in [0.29, 0.717) is 18.4 Å². The summed E-state index contributed by atoms with van der Waals surface area (Å²) >= 11 is 0. The van der Waals surface area contributed by atoms with Gasteiger partial charge in [-0.05, 0) is 30.5 Å². The van der Waals surface area contributed by atoms with Crippen LogP contribution in [0.15, 0.2) is 12.1 Å². The summed E-state index contributed by atoms with van der Waals surface area (Å²) in [5.74, 6) is -1.60. The third-order valence-corrected chi connectivity index (χ3v) is 2.56. The highest BCUT2D eigenvalue weighted by Crippen LogP contribution is 2.32. The summed E-state index contributed by atoms with van der Waals surface area (Å²) in [4.78, 5) is 10.6. The van der Waals surface area contributed by atoms with Gasteiger partial charge in [-0.3, -0.25) is 0 Å². The SMILES string of the molecule is NC1CCc2cc(C(=O)O)cc(F)c21. The van der Waals surface area contributed by atoms with Crippen molar-refractivity contribution in [3.63, 3.8) is 0 Å². The van der Waals surface area contributed by atoms with Crippen molar-refractivity contribution in [1.29, 1.82) is 0 Å². The Kier molecular flexibility index (Phi) is 2.00. The zero-order chi connectivity index (χ0) is 10.3. The van der Waals surface area contributed by atoms with Crippen molar-refractivity contribution in [2.45, 2.75) is 18.9 Å². The first-order valence-corrected chi connectivity index (χ1v) is 4.41. The van der Waals surface area contributed by atoms with Gasteiger partial charge in [-0.25, -0.2) is 9.18 Å². The van der Waals surface area contributed by atoms with Gasteiger partial charge in [0.25, 0.3) is 0 Å². The van der Waals surface area contributed by atoms with Gasteiger partial charge in [-0.15, -0.1) is 0 Å². The summed E-state index contributed by atoms with van der Waals surface area (Å²) in [6.07, 6.45) is 1.35. The molecule has 1 aromatic carbocycles. The van der Waals surface area contributed by atoms with Crippen LogP contribution >= 0.6 is 0 Å². The Labute approximate surface area is 80.3 Å². The molecule has 0 spiro atoms. The van der Waals surface area contributed by atoms with E-state index in [0.717, 1.165) is 11.6 Å². The van der Waals surface area contributed by atoms with Gasteiger partial charge in [0, 0.05) is 11.6 Å². The number of carboxylic acids is 1. The van der Waals surface area contributed by atoms with E-state index in [1.165, 1.54) is 6.07 Å². The fourth-order valence-corrected chi connectivity index (χ4v) is 1.88. The Balaban J connectivity index is 2.57. The van der Waals surface area contributed by atoms with Gasteiger partial charge in [0.2, 0.25) is 0 Å². The van der Waals surface area contributed by atoms with Crippen LogP contribution in [0.5, 0.6) is 0 Å². The minimum absolute atomic E-state index is 0.00431. The maximum absolute atomic E-state index is 13.4. The van der Waals surface area contributed by atoms with Crippen molar-refractivity contribution in [3.05, 3.63) is 34.6 Å². The third kappa shape index (κ3) is 1.28. The van der Waals surface area contributed by atoms with E-state index in [1.807, 2.05) is 0 Å². The predicted octanol–water partition coefficient (Wildman–Crippen LogP) is 1.47. The number of halogens is 1. The van der Waals surface area contributed by atoms with E-state index in [1.54, 1.807) is 0 Å². The molecule has 1 unspecified atom stereocenters. The van der Waals surface area contributed by atoms with Crippen LogP contribution in [0, 0.1) is 5.82 Å². The minimum Gasteiger partial charge on any atom is -0.478 e. The maximum atomic E-state index is 13.4. The van der Waals surface area contributed by atoms with Gasteiger partial charge in [0.15, 0.2) is 0 Å². The summed E-state index contributed by atoms with van der Waals surface area (Å²) in [5.41, 5.74) is 6.89. The molecule has 3 nitrogen and oxygen atoms in total. The molecule has 4 heteroatoms. The predicted molar refractivity (Wildman–Crippen MR) is 48.6 cm³/mol. The number of aryl methyl sites for hydroxylation is 1. The Hall–Kier alpha value is -1.42. The van der Waals surface area contributed by atoms with Crippen molar-refractivity contribution < 1.29 is 14.3 Å². The molecule has 0 heterocycles. The van der Waals surface area contributed by atoms with E-state index in [9.17, 15) is 9.18 Å². The summed E-state index contributed by atoms with van der Waals surface area (Å²) in [5, 5.41) is 8.71. The number of carbonyl (C=O) groups is 1. The van der Waals surface area contributed by atoms with Crippen molar-refractivity contribution in [2.24, 2.45) is 5.73 Å². The number of aromatic carboxylic acids is 1. The Morgan fingerprint density at radius 3 is 2.93 bits per heavy atom. The zero-order valence-corrected chi connectivity index (χ0v) is 7.46. The summed E-state index contributed by atoms with van der Waals surface area (Å²) in [7, 11) is 0. The van der Waals surface area contributed by atoms with E-state index in [-0.39, 0.29) is 11.6 Å². The van der Waals surface area contributed by atoms with E-state index in [4.69, 9.17) is 10.8 Å². The molecule has 0 bridgehead atoms. The number of fused-ring (bicyclic) bond motifs is 1. The fraction of sp³-hybridized carbons (Fsp3) is 0.300. The second-order valence-corrected chi connectivity index (χ2v) is 3.48. The van der Waals surface area contributed by atoms with Crippen LogP contribution in [0.1, 0.15) is 33.9 Å². The number of hydrogen-bond acceptors (Lipinski definition) is 2. The lowest BCUT2D eigenvalue weighted by molar-refractivity contribution is 0.0696. The first kappa shape index (κ1) is 9.15. The molecule has 74 valence electrons. The zero-order valence-electron chi connectivity index (χ0n) is 7.46. The normalized spacial score (nSPS) is 19.4. The molecular formula is C10H10FNO2. The Bertz CT molecular complexity index is 403. The third-order valence-electron chi connectivity index (χ3n) is 2.56. The lowest BCUT2D eigenvalue weighted by Gasteiger charge is -2.06. The van der Waals surface area contributed by atoms with E-state index >= 15 is 0 Å². The van der Waals surface area contributed by atoms with Gasteiger partial charge in [-0.1, -0.05) is 0 Å². The lowest BCUT2D eigenvalue weighted by atomic mass is 10.0. The quantitative estimate of drug-likeness (QED) is 0.713. The summed E-state index contributed by atoms with van der Waals surface area (Å²) in [6.45, 7) is 0. The molecule has 14 heavy (non-hydrogen) atoms. The average Bonchev–Trinajstić information content (AvgIpc) is 2.48. The molecule has 3 N–H and O–H groups in total. The number of hydrogen-bond donors (Lipinski definition) is 2. The molecule has 1 aromatic rings. The monoisotopic (exact) mass is 195 g/mol. The molecule has 1 atom stereocenters. The lowest BCUT2D eigenvalue weighted by Crippen LogP contribution is -2.08. The van der Waals surface area contributed by atoms with E-state index in [2.05, 4.69) is 0 Å². The summed E-state index contributed by atoms with van der Waals surface area (Å²) < 4.78 is 13.4. The van der Waals surface area contributed by atoms with Crippen LogP contribution in [0.2, 0.25) is 0 Å². The number of benzene rings is 1. The largest absolute Gasteiger partial charge is 0.478 e. The van der Waals surface area contributed by atoms with Crippen LogP contribution < -0.4 is 5.73 Å². The smallest absolute Gasteiger partial charge is 0.335 e. The molecule has 0 aliphatic heterocycles. The van der Waals surface area contributed by atoms with Crippen LogP contribution in [0.4, 0.5) is 4.39 Å². The average molecular weight is 195 g/mol. The Morgan fingerprint density at radius 1 is 1.57 bits per heavy atom. The standard InChI is InChI=1S/C10H10FNO2/c11-7-4-6(10(13)14)3-5-1-2-8(12)9(5)7/h3-4,8H,1-2,12H2,(H,13,14). The molecule has 0 radical (unpaired) electrons. The Morgan fingerprint density at radius 2 is 2.29 bits per heavy atom. The van der Waals surface area contributed by atoms with Crippen molar-refractivity contribution in [3.8, 4) is 0 Å². The van der Waals surface area contributed by atoms with Crippen LogP contribution in [-0.2, 0) is 6.42 Å². The highest BCUT2D eigenvalue weighted by atomic mass is 19.1. The second kappa shape index (κ2) is 3.06. The van der Waals surface area contributed by atoms with Crippen molar-refractivity contribution in [2.75, 3.05) is 0 Å². The number of nitrogens with two attached hydrogens (primary N) is 1. The molecule has 2 rings (SSSR count). The molecular weight excluding hydrogens is 185 g/mol. The highest BCUT2D eigenvalue weighted by Gasteiger charge is 2.24. The molecule has 0 saturated carbocycles. The number of carboxylic acid groups (broad SMARTS) is 1. The first-order valence-electron chi connectivity index (χ1n) is 4.41. The second-order valence-electron chi connectivity index (χ2n) is 3.48. The topological polar surface area (TPSA) is 63.3 Å². The fourth-order valence-electron chi connectivity index (χ4n) is 1.88. The molecule has 0 amide bonds. The maximum Gasteiger partial charge on any atom is 0.335 e. The van der Waals surface area contributed by atoms with Gasteiger partial charge in [0.1, 0.15) is 5.82 Å². The first-order chi connectivity index (χ1) is 6.59. The van der Waals surface area contributed by atoms with Crippen LogP contribution in [0.3, 0.4) is 0 Å². The van der Waals surface area contributed by atoms with Crippen LogP contribution in [0.25, 0.3) is 0 Å². The molecule has 0 saturated heterocycles. The van der Waals surface area contributed by atoms with E-state index < -0.39 is 11.8 Å². The van der Waals surface area contributed by atoms with Gasteiger partial charge in [0.05, 0.1) is 5.56 Å². The van der Waals surface area contributed by atoms with Crippen molar-refractivity contribution >= 4 is 5.97 Å². The summed E-state index contributed by atoms with van der Waals surface area (Å²) in [6, 6.07) is 2.26. The van der Waals surface area contributed by atoms with Gasteiger partial charge in [-0.2, -0.15) is 0 Å². The van der Waals surface area contributed by atoms with Crippen LogP contribution in [-0.4, -0.2) is 11.1 Å². The molecule has 0 fully saturated rings. The highest BCUT2D eigenvalue weighted by molar-refractivity contribution is 5.88. The molecule has 1 aliphatic rings. The molecule has 1 aliphatic carbocycles.